The van der Waals surface area contributed by atoms with Gasteiger partial charge in [-0.3, -0.25) is 4.79 Å². The number of rotatable bonds is 6. The number of nitrogens with one attached hydrogen (secondary N) is 1. The standard InChI is InChI=1S/C19H31N3O3S/c1-13-10-14(2)19(15(3)11-13)26(24,25)21-8-7-18(23)22-9-5-6-17(12-22)16(4)20/h10-11,16-17,21H,5-9,12,20H2,1-4H3. The van der Waals surface area contributed by atoms with Gasteiger partial charge in [-0.2, -0.15) is 0 Å². The van der Waals surface area contributed by atoms with Crippen LogP contribution in [-0.2, 0) is 14.8 Å². The average Bonchev–Trinajstić information content (AvgIpc) is 2.53. The molecule has 0 spiro atoms. The molecule has 1 amide bonds. The molecule has 1 fully saturated rings. The summed E-state index contributed by atoms with van der Waals surface area (Å²) in [6.07, 6.45) is 2.15. The Bertz CT molecular complexity index is 736. The van der Waals surface area contributed by atoms with E-state index in [1.165, 1.54) is 0 Å². The van der Waals surface area contributed by atoms with E-state index in [2.05, 4.69) is 4.72 Å². The molecule has 0 radical (unpaired) electrons. The number of hydrogen-bond donors (Lipinski definition) is 2. The van der Waals surface area contributed by atoms with E-state index in [0.29, 0.717) is 17.4 Å². The number of amides is 1. The Hall–Kier alpha value is -1.44. The number of piperidine rings is 1. The number of hydrogen-bond acceptors (Lipinski definition) is 4. The van der Waals surface area contributed by atoms with Crippen LogP contribution in [0.15, 0.2) is 17.0 Å². The number of aryl methyl sites for hydroxylation is 3. The molecule has 1 aliphatic heterocycles. The molecule has 1 aliphatic rings. The van der Waals surface area contributed by atoms with E-state index in [9.17, 15) is 13.2 Å². The van der Waals surface area contributed by atoms with Crippen molar-refractivity contribution in [1.82, 2.24) is 9.62 Å². The second-order valence-electron chi connectivity index (χ2n) is 7.48. The van der Waals surface area contributed by atoms with Crippen molar-refractivity contribution in [2.24, 2.45) is 11.7 Å². The molecule has 146 valence electrons. The molecule has 2 rings (SSSR count). The molecule has 2 unspecified atom stereocenters. The van der Waals surface area contributed by atoms with Crippen LogP contribution in [0.5, 0.6) is 0 Å². The predicted molar refractivity (Wildman–Crippen MR) is 103 cm³/mol. The minimum absolute atomic E-state index is 0.0181. The van der Waals surface area contributed by atoms with Crippen molar-refractivity contribution in [2.75, 3.05) is 19.6 Å². The summed E-state index contributed by atoms with van der Waals surface area (Å²) in [5.74, 6) is 0.303. The minimum Gasteiger partial charge on any atom is -0.342 e. The van der Waals surface area contributed by atoms with Crippen molar-refractivity contribution >= 4 is 15.9 Å². The fraction of sp³-hybridized carbons (Fsp3) is 0.632. The largest absolute Gasteiger partial charge is 0.342 e. The first-order chi connectivity index (χ1) is 12.1. The van der Waals surface area contributed by atoms with Gasteiger partial charge in [0.05, 0.1) is 4.90 Å². The van der Waals surface area contributed by atoms with E-state index in [1.807, 2.05) is 30.9 Å². The van der Waals surface area contributed by atoms with Gasteiger partial charge in [0.15, 0.2) is 0 Å². The van der Waals surface area contributed by atoms with Crippen LogP contribution in [0.25, 0.3) is 0 Å². The molecule has 0 bridgehead atoms. The Morgan fingerprint density at radius 1 is 1.31 bits per heavy atom. The Labute approximate surface area is 157 Å². The number of carbonyl (C=O) groups excluding carboxylic acids is 1. The topological polar surface area (TPSA) is 92.5 Å². The Kier molecular flexibility index (Phi) is 6.82. The number of nitrogens with zero attached hydrogens (tertiary/aromatic N) is 1. The van der Waals surface area contributed by atoms with Gasteiger partial charge in [-0.15, -0.1) is 0 Å². The zero-order chi connectivity index (χ0) is 19.5. The highest BCUT2D eigenvalue weighted by Gasteiger charge is 2.26. The highest BCUT2D eigenvalue weighted by atomic mass is 32.2. The maximum absolute atomic E-state index is 12.6. The predicted octanol–water partition coefficient (Wildman–Crippen LogP) is 1.87. The summed E-state index contributed by atoms with van der Waals surface area (Å²) in [5.41, 5.74) is 8.43. The maximum Gasteiger partial charge on any atom is 0.241 e. The normalized spacial score (nSPS) is 19.4. The third kappa shape index (κ3) is 5.05. The highest BCUT2D eigenvalue weighted by Crippen LogP contribution is 2.22. The van der Waals surface area contributed by atoms with Crippen molar-refractivity contribution in [2.45, 2.75) is 57.9 Å². The SMILES string of the molecule is Cc1cc(C)c(S(=O)(=O)NCCC(=O)N2CCCC(C(C)N)C2)c(C)c1. The first-order valence-electron chi connectivity index (χ1n) is 9.22. The van der Waals surface area contributed by atoms with Crippen molar-refractivity contribution in [3.05, 3.63) is 28.8 Å². The van der Waals surface area contributed by atoms with Gasteiger partial charge in [0.2, 0.25) is 15.9 Å². The van der Waals surface area contributed by atoms with Gasteiger partial charge in [0, 0.05) is 32.1 Å². The van der Waals surface area contributed by atoms with Crippen molar-refractivity contribution in [1.29, 1.82) is 0 Å². The first-order valence-corrected chi connectivity index (χ1v) is 10.7. The second-order valence-corrected chi connectivity index (χ2v) is 9.18. The number of benzene rings is 1. The zero-order valence-electron chi connectivity index (χ0n) is 16.2. The van der Waals surface area contributed by atoms with Crippen LogP contribution in [0.2, 0.25) is 0 Å². The lowest BCUT2D eigenvalue weighted by molar-refractivity contribution is -0.132. The molecule has 26 heavy (non-hydrogen) atoms. The second kappa shape index (κ2) is 8.50. The van der Waals surface area contributed by atoms with Crippen molar-refractivity contribution in [3.63, 3.8) is 0 Å². The van der Waals surface area contributed by atoms with E-state index >= 15 is 0 Å². The molecule has 6 nitrogen and oxygen atoms in total. The highest BCUT2D eigenvalue weighted by molar-refractivity contribution is 7.89. The molecular weight excluding hydrogens is 350 g/mol. The lowest BCUT2D eigenvalue weighted by Gasteiger charge is -2.34. The van der Waals surface area contributed by atoms with Crippen LogP contribution < -0.4 is 10.5 Å². The van der Waals surface area contributed by atoms with Crippen LogP contribution in [-0.4, -0.2) is 44.9 Å². The molecule has 0 aromatic heterocycles. The monoisotopic (exact) mass is 381 g/mol. The van der Waals surface area contributed by atoms with Crippen LogP contribution in [0, 0.1) is 26.7 Å². The van der Waals surface area contributed by atoms with Crippen LogP contribution in [0.3, 0.4) is 0 Å². The van der Waals surface area contributed by atoms with E-state index in [1.54, 1.807) is 13.8 Å². The minimum atomic E-state index is -3.63. The summed E-state index contributed by atoms with van der Waals surface area (Å²) in [4.78, 5) is 14.5. The van der Waals surface area contributed by atoms with Gasteiger partial charge >= 0.3 is 0 Å². The Morgan fingerprint density at radius 2 is 1.92 bits per heavy atom. The molecule has 1 aromatic rings. The summed E-state index contributed by atoms with van der Waals surface area (Å²) in [6.45, 7) is 9.00. The van der Waals surface area contributed by atoms with E-state index in [-0.39, 0.29) is 24.9 Å². The van der Waals surface area contributed by atoms with E-state index in [4.69, 9.17) is 5.73 Å². The molecular formula is C19H31N3O3S. The summed E-state index contributed by atoms with van der Waals surface area (Å²) < 4.78 is 27.8. The smallest absolute Gasteiger partial charge is 0.241 e. The van der Waals surface area contributed by atoms with Crippen LogP contribution >= 0.6 is 0 Å². The quantitative estimate of drug-likeness (QED) is 0.787. The van der Waals surface area contributed by atoms with Crippen molar-refractivity contribution in [3.8, 4) is 0 Å². The first kappa shape index (κ1) is 20.9. The van der Waals surface area contributed by atoms with Crippen LogP contribution in [0.1, 0.15) is 42.9 Å². The number of likely N-dealkylation sites (tertiary alicyclic amines) is 1. The van der Waals surface area contributed by atoms with E-state index in [0.717, 1.165) is 36.1 Å². The van der Waals surface area contributed by atoms with Gasteiger partial charge in [-0.05, 0) is 57.6 Å². The molecule has 0 aliphatic carbocycles. The maximum atomic E-state index is 12.6. The Morgan fingerprint density at radius 3 is 2.50 bits per heavy atom. The molecule has 2 atom stereocenters. The average molecular weight is 382 g/mol. The molecule has 7 heteroatoms. The summed E-state index contributed by atoms with van der Waals surface area (Å²) in [6, 6.07) is 3.78. The fourth-order valence-corrected chi connectivity index (χ4v) is 5.26. The number of nitrogens with two attached hydrogens (primary N) is 1. The van der Waals surface area contributed by atoms with Crippen molar-refractivity contribution < 1.29 is 13.2 Å². The van der Waals surface area contributed by atoms with Gasteiger partial charge < -0.3 is 10.6 Å². The van der Waals surface area contributed by atoms with Gasteiger partial charge in [-0.1, -0.05) is 17.7 Å². The molecule has 0 saturated carbocycles. The van der Waals surface area contributed by atoms with Crippen LogP contribution in [0.4, 0.5) is 0 Å². The summed E-state index contributed by atoms with van der Waals surface area (Å²) in [5, 5.41) is 0. The third-order valence-corrected chi connectivity index (χ3v) is 6.82. The lowest BCUT2D eigenvalue weighted by atomic mass is 9.92. The summed E-state index contributed by atoms with van der Waals surface area (Å²) >= 11 is 0. The molecule has 1 saturated heterocycles. The number of sulfonamides is 1. The zero-order valence-corrected chi connectivity index (χ0v) is 17.0. The van der Waals surface area contributed by atoms with Gasteiger partial charge in [0.25, 0.3) is 0 Å². The molecule has 3 N–H and O–H groups in total. The molecule has 1 heterocycles. The van der Waals surface area contributed by atoms with E-state index < -0.39 is 10.0 Å². The Balaban J connectivity index is 1.95. The van der Waals surface area contributed by atoms with Gasteiger partial charge in [-0.25, -0.2) is 13.1 Å². The third-order valence-electron chi connectivity index (χ3n) is 5.06. The lowest BCUT2D eigenvalue weighted by Crippen LogP contribution is -2.45. The number of carbonyl (C=O) groups is 1. The van der Waals surface area contributed by atoms with Gasteiger partial charge in [0.1, 0.15) is 0 Å². The fourth-order valence-electron chi connectivity index (χ4n) is 3.78. The summed E-state index contributed by atoms with van der Waals surface area (Å²) in [7, 11) is -3.63. The molecule has 1 aromatic carbocycles.